The molecule has 1 aromatic heterocycles. The molecule has 0 aromatic carbocycles. The third-order valence-electron chi connectivity index (χ3n) is 3.19. The molecule has 82 valence electrons. The summed E-state index contributed by atoms with van der Waals surface area (Å²) in [4.78, 5) is 11.3. The molecule has 0 radical (unpaired) electrons. The summed E-state index contributed by atoms with van der Waals surface area (Å²) in [7, 11) is 0. The van der Waals surface area contributed by atoms with Gasteiger partial charge in [-0.15, -0.1) is 0 Å². The van der Waals surface area contributed by atoms with E-state index in [9.17, 15) is 4.79 Å². The number of carbonyl (C=O) groups excluding carboxylic acids is 1. The maximum atomic E-state index is 11.3. The molecular weight excluding hydrogens is 192 g/mol. The number of nitrogens with two attached hydrogens (primary N) is 1. The third-order valence-corrected chi connectivity index (χ3v) is 3.19. The minimum Gasteiger partial charge on any atom is -0.469 e. The van der Waals surface area contributed by atoms with Crippen molar-refractivity contribution in [3.63, 3.8) is 0 Å². The van der Waals surface area contributed by atoms with Crippen molar-refractivity contribution < 1.29 is 9.21 Å². The monoisotopic (exact) mass is 208 g/mol. The van der Waals surface area contributed by atoms with Crippen LogP contribution in [0.2, 0.25) is 0 Å². The van der Waals surface area contributed by atoms with E-state index in [2.05, 4.69) is 5.32 Å². The van der Waals surface area contributed by atoms with Gasteiger partial charge in [0, 0.05) is 24.9 Å². The van der Waals surface area contributed by atoms with Crippen molar-refractivity contribution in [1.82, 2.24) is 5.32 Å². The van der Waals surface area contributed by atoms with Crippen LogP contribution in [0.3, 0.4) is 0 Å². The minimum atomic E-state index is -0.164. The van der Waals surface area contributed by atoms with Crippen LogP contribution in [0.25, 0.3) is 0 Å². The second kappa shape index (κ2) is 4.06. The van der Waals surface area contributed by atoms with Crippen molar-refractivity contribution in [1.29, 1.82) is 0 Å². The van der Waals surface area contributed by atoms with Crippen LogP contribution >= 0.6 is 0 Å². The molecule has 1 unspecified atom stereocenters. The Labute approximate surface area is 88.8 Å². The van der Waals surface area contributed by atoms with E-state index in [1.165, 1.54) is 0 Å². The lowest BCUT2D eigenvalue weighted by Gasteiger charge is -2.28. The molecule has 1 aliphatic rings. The molecule has 2 heterocycles. The molecule has 1 aromatic rings. The van der Waals surface area contributed by atoms with Crippen molar-refractivity contribution >= 4 is 5.91 Å². The highest BCUT2D eigenvalue weighted by atomic mass is 16.3. The Bertz CT molecular complexity index is 334. The second-order valence-electron chi connectivity index (χ2n) is 4.06. The maximum absolute atomic E-state index is 11.3. The van der Waals surface area contributed by atoms with E-state index in [1.54, 1.807) is 6.26 Å². The van der Waals surface area contributed by atoms with Gasteiger partial charge in [0.15, 0.2) is 0 Å². The van der Waals surface area contributed by atoms with E-state index in [4.69, 9.17) is 10.2 Å². The number of hydrogen-bond acceptors (Lipinski definition) is 3. The first-order chi connectivity index (χ1) is 7.27. The second-order valence-corrected chi connectivity index (χ2v) is 4.06. The Hall–Kier alpha value is -1.29. The van der Waals surface area contributed by atoms with Crippen LogP contribution in [0.15, 0.2) is 22.8 Å². The van der Waals surface area contributed by atoms with Crippen LogP contribution in [0.5, 0.6) is 0 Å². The van der Waals surface area contributed by atoms with Gasteiger partial charge in [0.2, 0.25) is 5.91 Å². The average molecular weight is 208 g/mol. The van der Waals surface area contributed by atoms with Crippen molar-refractivity contribution in [2.24, 2.45) is 5.73 Å². The summed E-state index contributed by atoms with van der Waals surface area (Å²) in [5.74, 6) is 1.01. The number of carbonyl (C=O) groups is 1. The molecule has 4 heteroatoms. The molecule has 4 nitrogen and oxygen atoms in total. The summed E-state index contributed by atoms with van der Waals surface area (Å²) in [6.45, 7) is 1.20. The zero-order chi connectivity index (χ0) is 10.7. The zero-order valence-electron chi connectivity index (χ0n) is 8.66. The standard InChI is InChI=1S/C11H16N2O2/c12-8-11(9-2-1-7-15-9)4-3-10(14)13-6-5-11/h1-2,7H,3-6,8,12H2,(H,13,14). The first-order valence-corrected chi connectivity index (χ1v) is 5.28. The average Bonchev–Trinajstić information content (AvgIpc) is 2.71. The number of hydrogen-bond donors (Lipinski definition) is 2. The fourth-order valence-corrected chi connectivity index (χ4v) is 2.14. The molecule has 15 heavy (non-hydrogen) atoms. The molecule has 3 N–H and O–H groups in total. The molecular formula is C11H16N2O2. The minimum absolute atomic E-state index is 0.108. The Morgan fingerprint density at radius 1 is 1.53 bits per heavy atom. The van der Waals surface area contributed by atoms with Crippen molar-refractivity contribution in [2.45, 2.75) is 24.7 Å². The van der Waals surface area contributed by atoms with E-state index in [-0.39, 0.29) is 11.3 Å². The number of furan rings is 1. The molecule has 2 rings (SSSR count). The van der Waals surface area contributed by atoms with E-state index in [0.29, 0.717) is 19.5 Å². The van der Waals surface area contributed by atoms with E-state index >= 15 is 0 Å². The fourth-order valence-electron chi connectivity index (χ4n) is 2.14. The van der Waals surface area contributed by atoms with E-state index < -0.39 is 0 Å². The Morgan fingerprint density at radius 2 is 2.40 bits per heavy atom. The van der Waals surface area contributed by atoms with Crippen LogP contribution in [-0.2, 0) is 10.2 Å². The Kier molecular flexibility index (Phi) is 2.77. The predicted octanol–water partition coefficient (Wildman–Crippen LogP) is 0.776. The van der Waals surface area contributed by atoms with Crippen LogP contribution in [0.1, 0.15) is 25.0 Å². The van der Waals surface area contributed by atoms with Gasteiger partial charge in [-0.05, 0) is 25.0 Å². The molecule has 0 bridgehead atoms. The molecule has 1 saturated heterocycles. The summed E-state index contributed by atoms with van der Waals surface area (Å²) in [5, 5.41) is 2.86. The predicted molar refractivity (Wildman–Crippen MR) is 56.3 cm³/mol. The highest BCUT2D eigenvalue weighted by Crippen LogP contribution is 2.33. The number of nitrogens with one attached hydrogen (secondary N) is 1. The molecule has 1 fully saturated rings. The van der Waals surface area contributed by atoms with Crippen LogP contribution < -0.4 is 11.1 Å². The summed E-state index contributed by atoms with van der Waals surface area (Å²) in [6.07, 6.45) is 3.80. The summed E-state index contributed by atoms with van der Waals surface area (Å²) in [5.41, 5.74) is 5.68. The highest BCUT2D eigenvalue weighted by Gasteiger charge is 2.35. The number of amides is 1. The van der Waals surface area contributed by atoms with Crippen molar-refractivity contribution in [3.05, 3.63) is 24.2 Å². The molecule has 0 saturated carbocycles. The highest BCUT2D eigenvalue weighted by molar-refractivity contribution is 5.76. The molecule has 1 atom stereocenters. The smallest absolute Gasteiger partial charge is 0.220 e. The van der Waals surface area contributed by atoms with Gasteiger partial charge in [-0.1, -0.05) is 0 Å². The first kappa shape index (κ1) is 10.2. The quantitative estimate of drug-likeness (QED) is 0.754. The van der Waals surface area contributed by atoms with Crippen LogP contribution in [0, 0.1) is 0 Å². The Morgan fingerprint density at radius 3 is 3.07 bits per heavy atom. The van der Waals surface area contributed by atoms with Gasteiger partial charge in [-0.3, -0.25) is 4.79 Å². The van der Waals surface area contributed by atoms with Gasteiger partial charge in [-0.2, -0.15) is 0 Å². The van der Waals surface area contributed by atoms with Gasteiger partial charge in [0.05, 0.1) is 6.26 Å². The van der Waals surface area contributed by atoms with E-state index in [1.807, 2.05) is 12.1 Å². The van der Waals surface area contributed by atoms with Gasteiger partial charge in [0.25, 0.3) is 0 Å². The van der Waals surface area contributed by atoms with E-state index in [0.717, 1.165) is 18.6 Å². The Balaban J connectivity index is 2.24. The molecule has 1 amide bonds. The lowest BCUT2D eigenvalue weighted by molar-refractivity contribution is -0.120. The summed E-state index contributed by atoms with van der Waals surface area (Å²) >= 11 is 0. The van der Waals surface area contributed by atoms with Gasteiger partial charge >= 0.3 is 0 Å². The lowest BCUT2D eigenvalue weighted by Crippen LogP contribution is -2.35. The first-order valence-electron chi connectivity index (χ1n) is 5.28. The largest absolute Gasteiger partial charge is 0.469 e. The van der Waals surface area contributed by atoms with Crippen molar-refractivity contribution in [3.8, 4) is 0 Å². The lowest BCUT2D eigenvalue weighted by atomic mass is 9.78. The molecule has 1 aliphatic heterocycles. The van der Waals surface area contributed by atoms with Crippen LogP contribution in [-0.4, -0.2) is 19.0 Å². The molecule has 0 aliphatic carbocycles. The van der Waals surface area contributed by atoms with Gasteiger partial charge < -0.3 is 15.5 Å². The van der Waals surface area contributed by atoms with Crippen molar-refractivity contribution in [2.75, 3.05) is 13.1 Å². The SMILES string of the molecule is NCC1(c2ccco2)CCNC(=O)CC1. The topological polar surface area (TPSA) is 68.3 Å². The van der Waals surface area contributed by atoms with Gasteiger partial charge in [-0.25, -0.2) is 0 Å². The number of rotatable bonds is 2. The third kappa shape index (κ3) is 1.90. The normalized spacial score (nSPS) is 27.1. The summed E-state index contributed by atoms with van der Waals surface area (Å²) in [6, 6.07) is 3.82. The maximum Gasteiger partial charge on any atom is 0.220 e. The fraction of sp³-hybridized carbons (Fsp3) is 0.545. The summed E-state index contributed by atoms with van der Waals surface area (Å²) < 4.78 is 5.44. The zero-order valence-corrected chi connectivity index (χ0v) is 8.66. The van der Waals surface area contributed by atoms with Crippen LogP contribution in [0.4, 0.5) is 0 Å². The van der Waals surface area contributed by atoms with Gasteiger partial charge in [0.1, 0.15) is 5.76 Å². The molecule has 0 spiro atoms.